The van der Waals surface area contributed by atoms with Gasteiger partial charge in [0.25, 0.3) is 0 Å². The molecule has 19 heavy (non-hydrogen) atoms. The molecule has 1 aromatic carbocycles. The Kier molecular flexibility index (Phi) is 3.86. The van der Waals surface area contributed by atoms with Gasteiger partial charge in [0.15, 0.2) is 0 Å². The van der Waals surface area contributed by atoms with Gasteiger partial charge < -0.3 is 4.90 Å². The molecule has 102 valence electrons. The van der Waals surface area contributed by atoms with Crippen LogP contribution in [0.2, 0.25) is 0 Å². The van der Waals surface area contributed by atoms with E-state index in [-0.39, 0.29) is 5.92 Å². The van der Waals surface area contributed by atoms with Crippen LogP contribution >= 0.6 is 0 Å². The van der Waals surface area contributed by atoms with Gasteiger partial charge >= 0.3 is 0 Å². The van der Waals surface area contributed by atoms with E-state index in [9.17, 15) is 4.79 Å². The van der Waals surface area contributed by atoms with Gasteiger partial charge in [-0.25, -0.2) is 0 Å². The van der Waals surface area contributed by atoms with Crippen molar-refractivity contribution in [2.24, 2.45) is 5.92 Å². The lowest BCUT2D eigenvalue weighted by Gasteiger charge is -2.31. The first-order chi connectivity index (χ1) is 9.36. The zero-order valence-electron chi connectivity index (χ0n) is 11.6. The van der Waals surface area contributed by atoms with Gasteiger partial charge in [-0.15, -0.1) is 0 Å². The van der Waals surface area contributed by atoms with Crippen LogP contribution in [0.3, 0.4) is 0 Å². The van der Waals surface area contributed by atoms with Crippen molar-refractivity contribution >= 4 is 5.91 Å². The molecule has 1 aliphatic carbocycles. The minimum Gasteiger partial charge on any atom is -0.342 e. The van der Waals surface area contributed by atoms with E-state index >= 15 is 0 Å². The first-order valence-electron chi connectivity index (χ1n) is 7.70. The van der Waals surface area contributed by atoms with Crippen LogP contribution in [-0.2, 0) is 4.79 Å². The maximum Gasteiger partial charge on any atom is 0.226 e. The summed E-state index contributed by atoms with van der Waals surface area (Å²) in [5.41, 5.74) is 1.36. The summed E-state index contributed by atoms with van der Waals surface area (Å²) < 4.78 is 0. The van der Waals surface area contributed by atoms with Crippen molar-refractivity contribution in [1.82, 2.24) is 4.90 Å². The minimum atomic E-state index is 0.237. The molecule has 0 unspecified atom stereocenters. The molecular formula is C17H23NO. The van der Waals surface area contributed by atoms with Crippen LogP contribution in [0.15, 0.2) is 30.3 Å². The highest BCUT2D eigenvalue weighted by Gasteiger charge is 2.36. The third-order valence-corrected chi connectivity index (χ3v) is 4.73. The number of hydrogen-bond donors (Lipinski definition) is 0. The predicted molar refractivity (Wildman–Crippen MR) is 77.0 cm³/mol. The Morgan fingerprint density at radius 1 is 0.947 bits per heavy atom. The maximum absolute atomic E-state index is 12.7. The van der Waals surface area contributed by atoms with Crippen LogP contribution in [0, 0.1) is 5.92 Å². The normalized spacial score (nSPS) is 27.5. The van der Waals surface area contributed by atoms with Gasteiger partial charge in [0.05, 0.1) is 0 Å². The predicted octanol–water partition coefficient (Wildman–Crippen LogP) is 3.58. The average Bonchev–Trinajstić information content (AvgIpc) is 2.98. The smallest absolute Gasteiger partial charge is 0.226 e. The molecule has 1 heterocycles. The summed E-state index contributed by atoms with van der Waals surface area (Å²) in [5.74, 6) is 1.11. The molecule has 3 rings (SSSR count). The zero-order chi connectivity index (χ0) is 13.1. The van der Waals surface area contributed by atoms with Gasteiger partial charge in [-0.05, 0) is 43.6 Å². The van der Waals surface area contributed by atoms with Gasteiger partial charge in [0, 0.05) is 19.0 Å². The summed E-state index contributed by atoms with van der Waals surface area (Å²) >= 11 is 0. The highest BCUT2D eigenvalue weighted by molar-refractivity contribution is 5.80. The van der Waals surface area contributed by atoms with E-state index in [2.05, 4.69) is 35.2 Å². The first-order valence-corrected chi connectivity index (χ1v) is 7.70. The molecule has 1 aliphatic heterocycles. The summed E-state index contributed by atoms with van der Waals surface area (Å²) in [6, 6.07) is 10.6. The summed E-state index contributed by atoms with van der Waals surface area (Å²) in [6.45, 7) is 1.97. The number of carbonyl (C=O) groups is 1. The molecule has 0 N–H and O–H groups in total. The molecule has 0 spiro atoms. The molecule has 2 nitrogen and oxygen atoms in total. The van der Waals surface area contributed by atoms with E-state index in [1.54, 1.807) is 0 Å². The van der Waals surface area contributed by atoms with Crippen LogP contribution in [0.1, 0.15) is 50.0 Å². The molecule has 0 aromatic heterocycles. The SMILES string of the molecule is O=C([C@H]1CCC[C@H]1c1ccccc1)N1CCCCC1. The number of carbonyl (C=O) groups excluding carboxylic acids is 1. The van der Waals surface area contributed by atoms with Crippen LogP contribution in [0.25, 0.3) is 0 Å². The van der Waals surface area contributed by atoms with Crippen molar-refractivity contribution < 1.29 is 4.79 Å². The molecule has 2 aliphatic rings. The monoisotopic (exact) mass is 257 g/mol. The quantitative estimate of drug-likeness (QED) is 0.793. The Labute approximate surface area is 115 Å². The zero-order valence-corrected chi connectivity index (χ0v) is 11.6. The van der Waals surface area contributed by atoms with E-state index in [0.29, 0.717) is 11.8 Å². The fourth-order valence-electron chi connectivity index (χ4n) is 3.70. The molecule has 0 bridgehead atoms. The number of amides is 1. The van der Waals surface area contributed by atoms with E-state index in [4.69, 9.17) is 0 Å². The average molecular weight is 257 g/mol. The molecular weight excluding hydrogens is 234 g/mol. The third kappa shape index (κ3) is 2.68. The summed E-state index contributed by atoms with van der Waals surface area (Å²) in [7, 11) is 0. The molecule has 1 saturated carbocycles. The Balaban J connectivity index is 1.74. The van der Waals surface area contributed by atoms with Crippen molar-refractivity contribution in [3.63, 3.8) is 0 Å². The fraction of sp³-hybridized carbons (Fsp3) is 0.588. The van der Waals surface area contributed by atoms with Crippen LogP contribution in [0.5, 0.6) is 0 Å². The molecule has 1 saturated heterocycles. The Morgan fingerprint density at radius 2 is 1.68 bits per heavy atom. The lowest BCUT2D eigenvalue weighted by atomic mass is 9.87. The summed E-state index contributed by atoms with van der Waals surface area (Å²) in [6.07, 6.45) is 7.12. The van der Waals surface area contributed by atoms with Crippen molar-refractivity contribution in [3.8, 4) is 0 Å². The molecule has 1 amide bonds. The van der Waals surface area contributed by atoms with E-state index in [0.717, 1.165) is 19.5 Å². The second-order valence-corrected chi connectivity index (χ2v) is 5.94. The number of rotatable bonds is 2. The van der Waals surface area contributed by atoms with Gasteiger partial charge in [-0.2, -0.15) is 0 Å². The molecule has 0 radical (unpaired) electrons. The number of hydrogen-bond acceptors (Lipinski definition) is 1. The largest absolute Gasteiger partial charge is 0.342 e. The van der Waals surface area contributed by atoms with Gasteiger partial charge in [-0.1, -0.05) is 36.8 Å². The second kappa shape index (κ2) is 5.77. The highest BCUT2D eigenvalue weighted by Crippen LogP contribution is 2.40. The standard InChI is InChI=1S/C17H23NO/c19-17(18-12-5-2-6-13-18)16-11-7-10-15(16)14-8-3-1-4-9-14/h1,3-4,8-9,15-16H,2,5-7,10-13H2/t15-,16-/m0/s1. The van der Waals surface area contributed by atoms with E-state index in [1.807, 2.05) is 0 Å². The van der Waals surface area contributed by atoms with Crippen molar-refractivity contribution in [2.45, 2.75) is 44.4 Å². The number of benzene rings is 1. The number of nitrogens with zero attached hydrogens (tertiary/aromatic N) is 1. The third-order valence-electron chi connectivity index (χ3n) is 4.73. The summed E-state index contributed by atoms with van der Waals surface area (Å²) in [5, 5.41) is 0. The van der Waals surface area contributed by atoms with Crippen LogP contribution in [0.4, 0.5) is 0 Å². The molecule has 2 heteroatoms. The Hall–Kier alpha value is -1.31. The number of likely N-dealkylation sites (tertiary alicyclic amines) is 1. The first kappa shape index (κ1) is 12.7. The lowest BCUT2D eigenvalue weighted by Crippen LogP contribution is -2.40. The van der Waals surface area contributed by atoms with Crippen molar-refractivity contribution in [2.75, 3.05) is 13.1 Å². The maximum atomic E-state index is 12.7. The van der Waals surface area contributed by atoms with Crippen molar-refractivity contribution in [3.05, 3.63) is 35.9 Å². The molecule has 2 atom stereocenters. The van der Waals surface area contributed by atoms with E-state index < -0.39 is 0 Å². The van der Waals surface area contributed by atoms with Gasteiger partial charge in [0.2, 0.25) is 5.91 Å². The Bertz CT molecular complexity index is 422. The van der Waals surface area contributed by atoms with Crippen LogP contribution < -0.4 is 0 Å². The van der Waals surface area contributed by atoms with Crippen LogP contribution in [-0.4, -0.2) is 23.9 Å². The van der Waals surface area contributed by atoms with E-state index in [1.165, 1.54) is 37.7 Å². The molecule has 2 fully saturated rings. The highest BCUT2D eigenvalue weighted by atomic mass is 16.2. The van der Waals surface area contributed by atoms with Crippen molar-refractivity contribution in [1.29, 1.82) is 0 Å². The minimum absolute atomic E-state index is 0.237. The van der Waals surface area contributed by atoms with Gasteiger partial charge in [0.1, 0.15) is 0 Å². The summed E-state index contributed by atoms with van der Waals surface area (Å²) in [4.78, 5) is 14.8. The Morgan fingerprint density at radius 3 is 2.42 bits per heavy atom. The fourth-order valence-corrected chi connectivity index (χ4v) is 3.70. The lowest BCUT2D eigenvalue weighted by molar-refractivity contribution is -0.136. The topological polar surface area (TPSA) is 20.3 Å². The second-order valence-electron chi connectivity index (χ2n) is 5.94. The van der Waals surface area contributed by atoms with Gasteiger partial charge in [-0.3, -0.25) is 4.79 Å². The number of piperidine rings is 1. The molecule has 1 aromatic rings.